The van der Waals surface area contributed by atoms with Crippen molar-refractivity contribution in [3.63, 3.8) is 0 Å². The van der Waals surface area contributed by atoms with Crippen LogP contribution in [0.4, 0.5) is 5.82 Å². The van der Waals surface area contributed by atoms with Gasteiger partial charge in [-0.15, -0.1) is 0 Å². The van der Waals surface area contributed by atoms with E-state index >= 15 is 0 Å². The number of fused-ring (bicyclic) bond motifs is 1. The fourth-order valence-corrected chi connectivity index (χ4v) is 2.72. The summed E-state index contributed by atoms with van der Waals surface area (Å²) in [5.41, 5.74) is 8.75. The molecule has 2 heterocycles. The molecule has 0 fully saturated rings. The Hall–Kier alpha value is -3.08. The largest absolute Gasteiger partial charge is 0.458 e. The lowest BCUT2D eigenvalue weighted by Crippen LogP contribution is -1.95. The van der Waals surface area contributed by atoms with E-state index in [1.807, 2.05) is 50.4 Å². The molecule has 2 aromatic heterocycles. The fraction of sp³-hybridized carbons (Fsp3) is 0.200. The van der Waals surface area contributed by atoms with E-state index in [0.29, 0.717) is 5.82 Å². The first-order chi connectivity index (χ1) is 12.3. The molecule has 4 rings (SSSR count). The van der Waals surface area contributed by atoms with Crippen LogP contribution in [0.5, 0.6) is 5.75 Å². The molecule has 5 heteroatoms. The van der Waals surface area contributed by atoms with Crippen LogP contribution in [0.3, 0.4) is 0 Å². The standard InChI is InChI=1S/C18H16N4O.C2H6/c19-17-16-15(10-20-18(16)22-11-21-17)12-6-8-14(9-7-12)23-13-4-2-1-3-5-13;1-2/h2,4-11H,1,3H2,(H3,19,20,21,22);1-2H3. The van der Waals surface area contributed by atoms with Gasteiger partial charge >= 0.3 is 0 Å². The quantitative estimate of drug-likeness (QED) is 0.718. The lowest BCUT2D eigenvalue weighted by molar-refractivity contribution is 0.439. The van der Waals surface area contributed by atoms with E-state index in [1.54, 1.807) is 0 Å². The summed E-state index contributed by atoms with van der Waals surface area (Å²) in [5, 5.41) is 0.846. The van der Waals surface area contributed by atoms with Gasteiger partial charge < -0.3 is 15.5 Å². The molecule has 25 heavy (non-hydrogen) atoms. The smallest absolute Gasteiger partial charge is 0.143 e. The highest BCUT2D eigenvalue weighted by Gasteiger charge is 2.11. The van der Waals surface area contributed by atoms with Gasteiger partial charge in [-0.1, -0.05) is 32.1 Å². The third-order valence-corrected chi connectivity index (χ3v) is 3.86. The predicted octanol–water partition coefficient (Wildman–Crippen LogP) is 4.85. The number of nitrogens with one attached hydrogen (secondary N) is 1. The molecule has 0 aliphatic heterocycles. The van der Waals surface area contributed by atoms with Gasteiger partial charge in [0.05, 0.1) is 5.39 Å². The van der Waals surface area contributed by atoms with E-state index in [2.05, 4.69) is 27.1 Å². The molecule has 1 aromatic carbocycles. The van der Waals surface area contributed by atoms with Crippen molar-refractivity contribution in [2.45, 2.75) is 26.7 Å². The minimum atomic E-state index is 0.476. The monoisotopic (exact) mass is 334 g/mol. The van der Waals surface area contributed by atoms with Crippen LogP contribution in [-0.4, -0.2) is 15.0 Å². The Kier molecular flexibility index (Phi) is 5.14. The van der Waals surface area contributed by atoms with E-state index in [0.717, 1.165) is 46.5 Å². The summed E-state index contributed by atoms with van der Waals surface area (Å²) >= 11 is 0. The summed E-state index contributed by atoms with van der Waals surface area (Å²) in [6, 6.07) is 7.93. The maximum atomic E-state index is 5.98. The molecular formula is C20H22N4O. The van der Waals surface area contributed by atoms with E-state index in [1.165, 1.54) is 6.33 Å². The molecule has 0 atom stereocenters. The molecule has 3 aromatic rings. The van der Waals surface area contributed by atoms with Gasteiger partial charge in [-0.25, -0.2) is 9.97 Å². The van der Waals surface area contributed by atoms with Crippen LogP contribution in [0.15, 0.2) is 60.8 Å². The number of nitrogens with zero attached hydrogens (tertiary/aromatic N) is 2. The summed E-state index contributed by atoms with van der Waals surface area (Å²) in [6.45, 7) is 4.00. The van der Waals surface area contributed by atoms with Gasteiger partial charge in [0.15, 0.2) is 0 Å². The highest BCUT2D eigenvalue weighted by atomic mass is 16.5. The zero-order valence-corrected chi connectivity index (χ0v) is 14.5. The Labute approximate surface area is 147 Å². The molecule has 5 nitrogen and oxygen atoms in total. The second-order valence-corrected chi connectivity index (χ2v) is 5.40. The number of aromatic nitrogens is 3. The second kappa shape index (κ2) is 7.66. The number of anilines is 1. The Bertz CT molecular complexity index is 907. The molecule has 128 valence electrons. The normalized spacial score (nSPS) is 13.1. The number of benzene rings is 1. The summed E-state index contributed by atoms with van der Waals surface area (Å²) in [6.07, 6.45) is 11.7. The fourth-order valence-electron chi connectivity index (χ4n) is 2.72. The van der Waals surface area contributed by atoms with Crippen molar-refractivity contribution in [1.82, 2.24) is 15.0 Å². The Morgan fingerprint density at radius 1 is 1.08 bits per heavy atom. The number of hydrogen-bond donors (Lipinski definition) is 2. The lowest BCUT2D eigenvalue weighted by atomic mass is 10.1. The molecular weight excluding hydrogens is 312 g/mol. The molecule has 1 aliphatic rings. The van der Waals surface area contributed by atoms with Gasteiger partial charge in [0.25, 0.3) is 0 Å². The molecule has 3 N–H and O–H groups in total. The van der Waals surface area contributed by atoms with E-state index in [9.17, 15) is 0 Å². The van der Waals surface area contributed by atoms with Crippen LogP contribution in [0.25, 0.3) is 22.2 Å². The van der Waals surface area contributed by atoms with Gasteiger partial charge in [-0.05, 0) is 42.7 Å². The zero-order chi connectivity index (χ0) is 17.6. The van der Waals surface area contributed by atoms with Crippen molar-refractivity contribution in [3.8, 4) is 16.9 Å². The van der Waals surface area contributed by atoms with Gasteiger partial charge in [0.2, 0.25) is 0 Å². The first kappa shape index (κ1) is 16.8. The predicted molar refractivity (Wildman–Crippen MR) is 102 cm³/mol. The van der Waals surface area contributed by atoms with Crippen LogP contribution < -0.4 is 10.5 Å². The number of ether oxygens (including phenoxy) is 1. The van der Waals surface area contributed by atoms with Crippen molar-refractivity contribution in [1.29, 1.82) is 0 Å². The maximum Gasteiger partial charge on any atom is 0.143 e. The molecule has 0 saturated heterocycles. The molecule has 0 saturated carbocycles. The number of aromatic amines is 1. The van der Waals surface area contributed by atoms with Gasteiger partial charge in [0.1, 0.15) is 29.3 Å². The van der Waals surface area contributed by atoms with Gasteiger partial charge in [0, 0.05) is 11.8 Å². The van der Waals surface area contributed by atoms with E-state index in [-0.39, 0.29) is 0 Å². The molecule has 0 bridgehead atoms. The number of nitrogen functional groups attached to an aromatic ring is 1. The average Bonchev–Trinajstić information content (AvgIpc) is 3.10. The van der Waals surface area contributed by atoms with E-state index < -0.39 is 0 Å². The van der Waals surface area contributed by atoms with Crippen molar-refractivity contribution in [2.24, 2.45) is 0 Å². The summed E-state index contributed by atoms with van der Waals surface area (Å²) < 4.78 is 5.86. The molecule has 0 spiro atoms. The number of allylic oxidation sites excluding steroid dienone is 3. The topological polar surface area (TPSA) is 76.8 Å². The number of rotatable bonds is 3. The Balaban J connectivity index is 0.000000880. The highest BCUT2D eigenvalue weighted by Crippen LogP contribution is 2.31. The van der Waals surface area contributed by atoms with Crippen molar-refractivity contribution < 1.29 is 4.74 Å². The van der Waals surface area contributed by atoms with Crippen LogP contribution in [0, 0.1) is 0 Å². The Morgan fingerprint density at radius 2 is 1.88 bits per heavy atom. The minimum Gasteiger partial charge on any atom is -0.458 e. The second-order valence-electron chi connectivity index (χ2n) is 5.40. The molecule has 0 radical (unpaired) electrons. The average molecular weight is 334 g/mol. The lowest BCUT2D eigenvalue weighted by Gasteiger charge is -2.10. The third-order valence-electron chi connectivity index (χ3n) is 3.86. The highest BCUT2D eigenvalue weighted by molar-refractivity contribution is 6.00. The summed E-state index contributed by atoms with van der Waals surface area (Å²) in [5.74, 6) is 2.19. The summed E-state index contributed by atoms with van der Waals surface area (Å²) in [7, 11) is 0. The number of hydrogen-bond acceptors (Lipinski definition) is 4. The third kappa shape index (κ3) is 3.55. The van der Waals surface area contributed by atoms with Crippen molar-refractivity contribution >= 4 is 16.9 Å². The molecule has 1 aliphatic carbocycles. The van der Waals surface area contributed by atoms with Crippen LogP contribution in [0.2, 0.25) is 0 Å². The van der Waals surface area contributed by atoms with Gasteiger partial charge in [-0.3, -0.25) is 0 Å². The minimum absolute atomic E-state index is 0.476. The van der Waals surface area contributed by atoms with Crippen LogP contribution >= 0.6 is 0 Å². The maximum absolute atomic E-state index is 5.98. The summed E-state index contributed by atoms with van der Waals surface area (Å²) in [4.78, 5) is 11.4. The number of H-pyrrole nitrogens is 1. The van der Waals surface area contributed by atoms with Crippen molar-refractivity contribution in [3.05, 3.63) is 60.8 Å². The SMILES string of the molecule is CC.Nc1ncnc2[nH]cc(-c3ccc(OC4=CCCC=C4)cc3)c12. The van der Waals surface area contributed by atoms with Gasteiger partial charge in [-0.2, -0.15) is 0 Å². The Morgan fingerprint density at radius 3 is 2.60 bits per heavy atom. The van der Waals surface area contributed by atoms with Crippen molar-refractivity contribution in [2.75, 3.05) is 5.73 Å². The molecule has 0 amide bonds. The first-order valence-corrected chi connectivity index (χ1v) is 8.54. The number of nitrogens with two attached hydrogens (primary N) is 1. The zero-order valence-electron chi connectivity index (χ0n) is 14.5. The van der Waals surface area contributed by atoms with Crippen LogP contribution in [-0.2, 0) is 0 Å². The first-order valence-electron chi connectivity index (χ1n) is 8.54. The van der Waals surface area contributed by atoms with E-state index in [4.69, 9.17) is 10.5 Å². The van der Waals surface area contributed by atoms with Crippen LogP contribution in [0.1, 0.15) is 26.7 Å². The molecule has 0 unspecified atom stereocenters.